The van der Waals surface area contributed by atoms with Gasteiger partial charge in [-0.05, 0) is 15.9 Å². The van der Waals surface area contributed by atoms with E-state index in [2.05, 4.69) is 26.3 Å². The summed E-state index contributed by atoms with van der Waals surface area (Å²) >= 11 is 3.33. The Labute approximate surface area is 79.1 Å². The number of hydrogen-bond acceptors (Lipinski definition) is 2. The Morgan fingerprint density at radius 3 is 2.92 bits per heavy atom. The minimum atomic E-state index is -0.0388. The van der Waals surface area contributed by atoms with Crippen LogP contribution in [-0.2, 0) is 18.4 Å². The van der Waals surface area contributed by atoms with Crippen LogP contribution in [-0.4, -0.2) is 15.7 Å². The quantitative estimate of drug-likeness (QED) is 0.820. The van der Waals surface area contributed by atoms with Crippen LogP contribution in [0.25, 0.3) is 0 Å². The van der Waals surface area contributed by atoms with Gasteiger partial charge in [0.25, 0.3) is 0 Å². The van der Waals surface area contributed by atoms with Crippen molar-refractivity contribution >= 4 is 21.8 Å². The van der Waals surface area contributed by atoms with Gasteiger partial charge in [-0.3, -0.25) is 9.48 Å². The van der Waals surface area contributed by atoms with E-state index >= 15 is 0 Å². The van der Waals surface area contributed by atoms with Gasteiger partial charge >= 0.3 is 0 Å². The highest BCUT2D eigenvalue weighted by Crippen LogP contribution is 2.14. The highest BCUT2D eigenvalue weighted by Gasteiger charge is 2.05. The van der Waals surface area contributed by atoms with Gasteiger partial charge in [0.15, 0.2) is 0 Å². The lowest BCUT2D eigenvalue weighted by Crippen LogP contribution is -2.20. The molecule has 0 saturated carbocycles. The Bertz CT molecular complexity index is 275. The van der Waals surface area contributed by atoms with Crippen molar-refractivity contribution in [1.29, 1.82) is 0 Å². The van der Waals surface area contributed by atoms with Crippen LogP contribution >= 0.6 is 15.9 Å². The summed E-state index contributed by atoms with van der Waals surface area (Å²) in [6, 6.07) is 0. The third-order valence-electron chi connectivity index (χ3n) is 1.52. The van der Waals surface area contributed by atoms with E-state index in [-0.39, 0.29) is 5.91 Å². The molecule has 0 aliphatic heterocycles. The van der Waals surface area contributed by atoms with Crippen molar-refractivity contribution in [3.05, 3.63) is 16.4 Å². The number of rotatable bonds is 2. The number of amides is 1. The summed E-state index contributed by atoms with van der Waals surface area (Å²) in [6.07, 6.45) is 1.71. The first-order valence-corrected chi connectivity index (χ1v) is 4.31. The molecule has 0 aliphatic carbocycles. The molecular formula is C7H10BrN3O. The molecule has 0 spiro atoms. The molecule has 0 unspecified atom stereocenters. The van der Waals surface area contributed by atoms with Crippen molar-refractivity contribution in [2.24, 2.45) is 7.05 Å². The van der Waals surface area contributed by atoms with E-state index < -0.39 is 0 Å². The standard InChI is InChI=1S/C7H10BrN3O/c1-5(12)9-4-7-6(8)3-10-11(7)2/h3H,4H2,1-2H3,(H,9,12). The molecule has 1 rings (SSSR count). The second-order valence-corrected chi connectivity index (χ2v) is 3.33. The SMILES string of the molecule is CC(=O)NCc1c(Br)cnn1C. The predicted molar refractivity (Wildman–Crippen MR) is 48.4 cm³/mol. The monoisotopic (exact) mass is 231 g/mol. The molecule has 0 fully saturated rings. The molecular weight excluding hydrogens is 222 g/mol. The molecule has 12 heavy (non-hydrogen) atoms. The molecule has 0 bridgehead atoms. The fourth-order valence-corrected chi connectivity index (χ4v) is 1.33. The highest BCUT2D eigenvalue weighted by molar-refractivity contribution is 9.10. The molecule has 0 radical (unpaired) electrons. The molecule has 0 aromatic carbocycles. The first-order chi connectivity index (χ1) is 5.61. The molecule has 0 saturated heterocycles. The molecule has 4 nitrogen and oxygen atoms in total. The zero-order valence-corrected chi connectivity index (χ0v) is 8.55. The van der Waals surface area contributed by atoms with Gasteiger partial charge < -0.3 is 5.32 Å². The lowest BCUT2D eigenvalue weighted by atomic mass is 10.4. The minimum absolute atomic E-state index is 0.0388. The summed E-state index contributed by atoms with van der Waals surface area (Å²) in [5.41, 5.74) is 0.963. The largest absolute Gasteiger partial charge is 0.351 e. The number of aryl methyl sites for hydroxylation is 1. The molecule has 1 aromatic rings. The fraction of sp³-hybridized carbons (Fsp3) is 0.429. The van der Waals surface area contributed by atoms with Crippen LogP contribution in [0, 0.1) is 0 Å². The topological polar surface area (TPSA) is 46.9 Å². The van der Waals surface area contributed by atoms with Gasteiger partial charge in [-0.15, -0.1) is 0 Å². The molecule has 66 valence electrons. The van der Waals surface area contributed by atoms with E-state index in [0.29, 0.717) is 6.54 Å². The number of nitrogens with zero attached hydrogens (tertiary/aromatic N) is 2. The number of aromatic nitrogens is 2. The van der Waals surface area contributed by atoms with Crippen molar-refractivity contribution in [2.45, 2.75) is 13.5 Å². The third-order valence-corrected chi connectivity index (χ3v) is 2.18. The average molecular weight is 232 g/mol. The Hall–Kier alpha value is -0.840. The van der Waals surface area contributed by atoms with Crippen LogP contribution in [0.2, 0.25) is 0 Å². The van der Waals surface area contributed by atoms with E-state index in [1.54, 1.807) is 10.9 Å². The van der Waals surface area contributed by atoms with Gasteiger partial charge in [-0.1, -0.05) is 0 Å². The van der Waals surface area contributed by atoms with Crippen LogP contribution in [0.3, 0.4) is 0 Å². The molecule has 0 aliphatic rings. The molecule has 1 N–H and O–H groups in total. The van der Waals surface area contributed by atoms with Crippen molar-refractivity contribution in [3.63, 3.8) is 0 Å². The van der Waals surface area contributed by atoms with E-state index in [4.69, 9.17) is 0 Å². The zero-order valence-electron chi connectivity index (χ0n) is 6.97. The van der Waals surface area contributed by atoms with Crippen LogP contribution in [0.4, 0.5) is 0 Å². The minimum Gasteiger partial charge on any atom is -0.351 e. The molecule has 1 amide bonds. The average Bonchev–Trinajstić information content (AvgIpc) is 2.28. The maximum atomic E-state index is 10.6. The molecule has 1 heterocycles. The van der Waals surface area contributed by atoms with E-state index in [0.717, 1.165) is 10.2 Å². The van der Waals surface area contributed by atoms with Crippen molar-refractivity contribution < 1.29 is 4.79 Å². The Kier molecular flexibility index (Phi) is 2.86. The number of hydrogen-bond donors (Lipinski definition) is 1. The van der Waals surface area contributed by atoms with Gasteiger partial charge in [-0.2, -0.15) is 5.10 Å². The van der Waals surface area contributed by atoms with Gasteiger partial charge in [0.2, 0.25) is 5.91 Å². The van der Waals surface area contributed by atoms with E-state index in [1.165, 1.54) is 6.92 Å². The maximum Gasteiger partial charge on any atom is 0.217 e. The Balaban J connectivity index is 2.68. The van der Waals surface area contributed by atoms with Crippen molar-refractivity contribution in [3.8, 4) is 0 Å². The number of nitrogens with one attached hydrogen (secondary N) is 1. The normalized spacial score (nSPS) is 9.92. The summed E-state index contributed by atoms with van der Waals surface area (Å²) < 4.78 is 2.64. The van der Waals surface area contributed by atoms with Crippen LogP contribution in [0.5, 0.6) is 0 Å². The van der Waals surface area contributed by atoms with Gasteiger partial charge in [0.05, 0.1) is 22.9 Å². The maximum absolute atomic E-state index is 10.6. The lowest BCUT2D eigenvalue weighted by molar-refractivity contribution is -0.119. The summed E-state index contributed by atoms with van der Waals surface area (Å²) in [5, 5.41) is 6.71. The van der Waals surface area contributed by atoms with Crippen LogP contribution < -0.4 is 5.32 Å². The first kappa shape index (κ1) is 9.25. The summed E-state index contributed by atoms with van der Waals surface area (Å²) in [7, 11) is 1.84. The van der Waals surface area contributed by atoms with E-state index in [9.17, 15) is 4.79 Å². The molecule has 1 aromatic heterocycles. The Morgan fingerprint density at radius 1 is 1.83 bits per heavy atom. The third kappa shape index (κ3) is 2.07. The summed E-state index contributed by atoms with van der Waals surface area (Å²) in [4.78, 5) is 10.6. The smallest absolute Gasteiger partial charge is 0.217 e. The van der Waals surface area contributed by atoms with E-state index in [1.807, 2.05) is 7.05 Å². The molecule has 5 heteroatoms. The zero-order chi connectivity index (χ0) is 9.14. The van der Waals surface area contributed by atoms with Gasteiger partial charge in [0, 0.05) is 14.0 Å². The summed E-state index contributed by atoms with van der Waals surface area (Å²) in [6.45, 7) is 2.00. The van der Waals surface area contributed by atoms with Crippen LogP contribution in [0.15, 0.2) is 10.7 Å². The second kappa shape index (κ2) is 3.71. The van der Waals surface area contributed by atoms with Gasteiger partial charge in [0.1, 0.15) is 0 Å². The van der Waals surface area contributed by atoms with Crippen LogP contribution in [0.1, 0.15) is 12.6 Å². The second-order valence-electron chi connectivity index (χ2n) is 2.47. The van der Waals surface area contributed by atoms with Crippen molar-refractivity contribution in [2.75, 3.05) is 0 Å². The fourth-order valence-electron chi connectivity index (χ4n) is 0.843. The Morgan fingerprint density at radius 2 is 2.50 bits per heavy atom. The lowest BCUT2D eigenvalue weighted by Gasteiger charge is -2.02. The number of carbonyl (C=O) groups excluding carboxylic acids is 1. The van der Waals surface area contributed by atoms with Gasteiger partial charge in [-0.25, -0.2) is 0 Å². The predicted octanol–water partition coefficient (Wildman–Crippen LogP) is 0.819. The number of carbonyl (C=O) groups is 1. The van der Waals surface area contributed by atoms with Crippen molar-refractivity contribution in [1.82, 2.24) is 15.1 Å². The molecule has 0 atom stereocenters. The highest BCUT2D eigenvalue weighted by atomic mass is 79.9. The summed E-state index contributed by atoms with van der Waals surface area (Å²) in [5.74, 6) is -0.0388. The first-order valence-electron chi connectivity index (χ1n) is 3.52. The number of halogens is 1.